The van der Waals surface area contributed by atoms with Crippen molar-refractivity contribution in [2.24, 2.45) is 0 Å². The van der Waals surface area contributed by atoms with Gasteiger partial charge in [0, 0.05) is 18.7 Å². The lowest BCUT2D eigenvalue weighted by atomic mass is 10.2. The average molecular weight is 308 g/mol. The summed E-state index contributed by atoms with van der Waals surface area (Å²) in [7, 11) is 0. The Kier molecular flexibility index (Phi) is 7.67. The van der Waals surface area contributed by atoms with E-state index in [0.29, 0.717) is 49.3 Å². The third-order valence-electron chi connectivity index (χ3n) is 2.57. The summed E-state index contributed by atoms with van der Waals surface area (Å²) in [5, 5.41) is 5.37. The van der Waals surface area contributed by atoms with Crippen molar-refractivity contribution < 1.29 is 19.0 Å². The topological polar surface area (TPSA) is 68.8 Å². The summed E-state index contributed by atoms with van der Waals surface area (Å²) in [5.41, 5.74) is 0.567. The highest BCUT2D eigenvalue weighted by atomic mass is 16.5. The Morgan fingerprint density at radius 1 is 1.09 bits per heavy atom. The summed E-state index contributed by atoms with van der Waals surface area (Å²) < 4.78 is 16.8. The molecule has 0 unspecified atom stereocenters. The van der Waals surface area contributed by atoms with Gasteiger partial charge in [0.15, 0.2) is 11.5 Å². The van der Waals surface area contributed by atoms with E-state index in [1.807, 2.05) is 20.8 Å². The van der Waals surface area contributed by atoms with Crippen LogP contribution in [0.25, 0.3) is 0 Å². The van der Waals surface area contributed by atoms with E-state index in [-0.39, 0.29) is 6.03 Å². The predicted molar refractivity (Wildman–Crippen MR) is 87.2 cm³/mol. The molecule has 0 aromatic heterocycles. The van der Waals surface area contributed by atoms with Crippen molar-refractivity contribution in [3.8, 4) is 17.2 Å². The minimum absolute atomic E-state index is 0.325. The molecule has 0 atom stereocenters. The first-order valence-electron chi connectivity index (χ1n) is 7.38. The van der Waals surface area contributed by atoms with Crippen molar-refractivity contribution >= 4 is 11.7 Å². The molecule has 0 radical (unpaired) electrons. The van der Waals surface area contributed by atoms with Crippen LogP contribution in [0.3, 0.4) is 0 Å². The van der Waals surface area contributed by atoms with Gasteiger partial charge in [-0.2, -0.15) is 0 Å². The highest BCUT2D eigenvalue weighted by Crippen LogP contribution is 2.40. The summed E-state index contributed by atoms with van der Waals surface area (Å²) in [6.45, 7) is 11.1. The number of carbonyl (C=O) groups excluding carboxylic acids is 1. The molecule has 0 heterocycles. The van der Waals surface area contributed by atoms with Gasteiger partial charge in [0.25, 0.3) is 0 Å². The fourth-order valence-corrected chi connectivity index (χ4v) is 1.80. The van der Waals surface area contributed by atoms with E-state index in [9.17, 15) is 4.79 Å². The summed E-state index contributed by atoms with van der Waals surface area (Å²) in [6, 6.07) is 3.10. The van der Waals surface area contributed by atoms with E-state index in [1.165, 1.54) is 0 Å². The van der Waals surface area contributed by atoms with Gasteiger partial charge in [-0.25, -0.2) is 4.79 Å². The van der Waals surface area contributed by atoms with Gasteiger partial charge in [-0.1, -0.05) is 6.08 Å². The Morgan fingerprint density at radius 3 is 2.09 bits per heavy atom. The molecule has 0 spiro atoms. The zero-order valence-corrected chi connectivity index (χ0v) is 13.4. The molecule has 0 aliphatic rings. The zero-order valence-electron chi connectivity index (χ0n) is 13.4. The highest BCUT2D eigenvalue weighted by Gasteiger charge is 2.15. The largest absolute Gasteiger partial charge is 0.490 e. The van der Waals surface area contributed by atoms with Crippen LogP contribution in [-0.4, -0.2) is 32.4 Å². The molecule has 22 heavy (non-hydrogen) atoms. The lowest BCUT2D eigenvalue weighted by Gasteiger charge is -2.17. The van der Waals surface area contributed by atoms with E-state index >= 15 is 0 Å². The van der Waals surface area contributed by atoms with E-state index in [1.54, 1.807) is 18.2 Å². The quantitative estimate of drug-likeness (QED) is 0.687. The van der Waals surface area contributed by atoms with Gasteiger partial charge in [0.1, 0.15) is 0 Å². The summed E-state index contributed by atoms with van der Waals surface area (Å²) in [4.78, 5) is 11.7. The third-order valence-corrected chi connectivity index (χ3v) is 2.57. The van der Waals surface area contributed by atoms with Gasteiger partial charge in [-0.15, -0.1) is 6.58 Å². The minimum Gasteiger partial charge on any atom is -0.490 e. The zero-order chi connectivity index (χ0) is 16.4. The van der Waals surface area contributed by atoms with Gasteiger partial charge in [0.05, 0.1) is 25.5 Å². The number of urea groups is 1. The normalized spacial score (nSPS) is 9.77. The molecule has 0 saturated heterocycles. The van der Waals surface area contributed by atoms with Gasteiger partial charge < -0.3 is 24.8 Å². The number of hydrogen-bond acceptors (Lipinski definition) is 4. The van der Waals surface area contributed by atoms with Crippen LogP contribution in [0.15, 0.2) is 24.8 Å². The van der Waals surface area contributed by atoms with Crippen LogP contribution in [0.1, 0.15) is 20.8 Å². The molecular weight excluding hydrogens is 284 g/mol. The molecule has 0 aliphatic heterocycles. The van der Waals surface area contributed by atoms with Crippen LogP contribution in [-0.2, 0) is 0 Å². The van der Waals surface area contributed by atoms with Crippen LogP contribution in [0.5, 0.6) is 17.2 Å². The van der Waals surface area contributed by atoms with E-state index < -0.39 is 0 Å². The first-order chi connectivity index (χ1) is 10.7. The van der Waals surface area contributed by atoms with Gasteiger partial charge in [0.2, 0.25) is 5.75 Å². The van der Waals surface area contributed by atoms with Crippen LogP contribution < -0.4 is 24.8 Å². The molecule has 1 aromatic rings. The molecule has 1 aromatic carbocycles. The third kappa shape index (κ3) is 5.20. The van der Waals surface area contributed by atoms with Gasteiger partial charge >= 0.3 is 6.03 Å². The van der Waals surface area contributed by atoms with Crippen molar-refractivity contribution in [1.29, 1.82) is 0 Å². The Balaban J connectivity index is 3.06. The Bertz CT molecular complexity index is 476. The highest BCUT2D eigenvalue weighted by molar-refractivity contribution is 5.90. The lowest BCUT2D eigenvalue weighted by Crippen LogP contribution is -2.28. The monoisotopic (exact) mass is 308 g/mol. The van der Waals surface area contributed by atoms with Crippen molar-refractivity contribution in [3.63, 3.8) is 0 Å². The Labute approximate surface area is 131 Å². The van der Waals surface area contributed by atoms with E-state index in [0.717, 1.165) is 0 Å². The number of carbonyl (C=O) groups is 1. The van der Waals surface area contributed by atoms with Gasteiger partial charge in [-0.3, -0.25) is 0 Å². The maximum atomic E-state index is 11.7. The number of anilines is 1. The fraction of sp³-hybridized carbons (Fsp3) is 0.438. The molecule has 2 N–H and O–H groups in total. The Morgan fingerprint density at radius 2 is 1.64 bits per heavy atom. The number of benzene rings is 1. The summed E-state index contributed by atoms with van der Waals surface area (Å²) in [5.74, 6) is 1.62. The second kappa shape index (κ2) is 9.55. The van der Waals surface area contributed by atoms with Gasteiger partial charge in [-0.05, 0) is 20.8 Å². The molecule has 0 saturated carbocycles. The molecular formula is C16H24N2O4. The van der Waals surface area contributed by atoms with E-state index in [4.69, 9.17) is 14.2 Å². The molecule has 0 aliphatic carbocycles. The van der Waals surface area contributed by atoms with Crippen molar-refractivity contribution in [2.45, 2.75) is 20.8 Å². The fourth-order valence-electron chi connectivity index (χ4n) is 1.80. The number of ether oxygens (including phenoxy) is 3. The average Bonchev–Trinajstić information content (AvgIpc) is 2.49. The number of hydrogen-bond donors (Lipinski definition) is 2. The molecule has 0 bridgehead atoms. The molecule has 6 nitrogen and oxygen atoms in total. The second-order valence-corrected chi connectivity index (χ2v) is 4.22. The predicted octanol–water partition coefficient (Wildman–Crippen LogP) is 3.19. The molecule has 1 rings (SSSR count). The van der Waals surface area contributed by atoms with Crippen LogP contribution >= 0.6 is 0 Å². The lowest BCUT2D eigenvalue weighted by molar-refractivity contribution is 0.252. The molecule has 122 valence electrons. The van der Waals surface area contributed by atoms with Crippen LogP contribution in [0.4, 0.5) is 10.5 Å². The number of rotatable bonds is 9. The number of amides is 2. The SMILES string of the molecule is C=CCNC(=O)Nc1cc(OCC)c(OCC)c(OCC)c1. The van der Waals surface area contributed by atoms with Crippen molar-refractivity contribution in [3.05, 3.63) is 24.8 Å². The van der Waals surface area contributed by atoms with Crippen molar-refractivity contribution in [2.75, 3.05) is 31.7 Å². The Hall–Kier alpha value is -2.37. The minimum atomic E-state index is -0.325. The summed E-state index contributed by atoms with van der Waals surface area (Å²) >= 11 is 0. The van der Waals surface area contributed by atoms with Crippen molar-refractivity contribution in [1.82, 2.24) is 5.32 Å². The summed E-state index contributed by atoms with van der Waals surface area (Å²) in [6.07, 6.45) is 1.61. The number of nitrogens with one attached hydrogen (secondary N) is 2. The second-order valence-electron chi connectivity index (χ2n) is 4.22. The first-order valence-corrected chi connectivity index (χ1v) is 7.38. The smallest absolute Gasteiger partial charge is 0.319 e. The molecule has 2 amide bonds. The maximum absolute atomic E-state index is 11.7. The van der Waals surface area contributed by atoms with Crippen LogP contribution in [0.2, 0.25) is 0 Å². The van der Waals surface area contributed by atoms with Crippen LogP contribution in [0, 0.1) is 0 Å². The van der Waals surface area contributed by atoms with E-state index in [2.05, 4.69) is 17.2 Å². The molecule has 0 fully saturated rings. The molecule has 6 heteroatoms. The maximum Gasteiger partial charge on any atom is 0.319 e. The first kappa shape index (κ1) is 17.7. The standard InChI is InChI=1S/C16H24N2O4/c1-5-9-17-16(19)18-12-10-13(20-6-2)15(22-8-4)14(11-12)21-7-3/h5,10-11H,1,6-9H2,2-4H3,(H2,17,18,19).